The van der Waals surface area contributed by atoms with Crippen molar-refractivity contribution in [1.29, 1.82) is 0 Å². The van der Waals surface area contributed by atoms with Crippen LogP contribution in [0, 0.1) is 0 Å². The fraction of sp³-hybridized carbons (Fsp3) is 1.00. The molecule has 0 aromatic rings. The van der Waals surface area contributed by atoms with Crippen molar-refractivity contribution >= 4 is 0 Å². The van der Waals surface area contributed by atoms with Crippen molar-refractivity contribution in [2.75, 3.05) is 14.1 Å². The van der Waals surface area contributed by atoms with Crippen LogP contribution in [0.5, 0.6) is 0 Å². The van der Waals surface area contributed by atoms with Crippen LogP contribution in [0.15, 0.2) is 0 Å². The average molecular weight is 173 g/mol. The number of aliphatic hydroxyl groups is 1. The third-order valence-electron chi connectivity index (χ3n) is 2.47. The summed E-state index contributed by atoms with van der Waals surface area (Å²) in [7, 11) is 4.16. The van der Waals surface area contributed by atoms with E-state index in [0.717, 1.165) is 19.3 Å². The lowest BCUT2D eigenvalue weighted by molar-refractivity contribution is -0.127. The van der Waals surface area contributed by atoms with Gasteiger partial charge in [-0.1, -0.05) is 0 Å². The molecule has 0 amide bonds. The average Bonchev–Trinajstić information content (AvgIpc) is 2.11. The summed E-state index contributed by atoms with van der Waals surface area (Å²) < 4.78 is 5.32. The van der Waals surface area contributed by atoms with E-state index in [2.05, 4.69) is 19.0 Å². The molecule has 12 heavy (non-hydrogen) atoms. The summed E-state index contributed by atoms with van der Waals surface area (Å²) in [4.78, 5) is 2.21. The van der Waals surface area contributed by atoms with E-state index in [1.54, 1.807) is 0 Å². The molecule has 0 aromatic heterocycles. The molecule has 1 fully saturated rings. The van der Waals surface area contributed by atoms with E-state index in [1.807, 2.05) is 6.92 Å². The minimum Gasteiger partial charge on any atom is -0.368 e. The normalized spacial score (nSPS) is 38.2. The molecule has 0 aromatic carbocycles. The maximum Gasteiger partial charge on any atom is 0.154 e. The Labute approximate surface area is 74.3 Å². The van der Waals surface area contributed by atoms with Gasteiger partial charge in [0.1, 0.15) is 0 Å². The highest BCUT2D eigenvalue weighted by Gasteiger charge is 2.23. The van der Waals surface area contributed by atoms with Crippen LogP contribution < -0.4 is 0 Å². The molecule has 1 saturated heterocycles. The fourth-order valence-corrected chi connectivity index (χ4v) is 1.70. The Bertz CT molecular complexity index is 138. The van der Waals surface area contributed by atoms with Crippen molar-refractivity contribution in [3.05, 3.63) is 0 Å². The third kappa shape index (κ3) is 2.73. The lowest BCUT2D eigenvalue weighted by Gasteiger charge is -2.23. The Hall–Kier alpha value is -0.120. The summed E-state index contributed by atoms with van der Waals surface area (Å²) >= 11 is 0. The van der Waals surface area contributed by atoms with Crippen molar-refractivity contribution < 1.29 is 9.84 Å². The van der Waals surface area contributed by atoms with Crippen LogP contribution in [0.3, 0.4) is 0 Å². The molecule has 2 unspecified atom stereocenters. The Kier molecular flexibility index (Phi) is 3.50. The van der Waals surface area contributed by atoms with E-state index < -0.39 is 6.29 Å². The van der Waals surface area contributed by atoms with E-state index in [0.29, 0.717) is 6.04 Å². The second-order valence-electron chi connectivity index (χ2n) is 3.83. The topological polar surface area (TPSA) is 32.7 Å². The number of hydrogen-bond acceptors (Lipinski definition) is 3. The molecule has 72 valence electrons. The summed E-state index contributed by atoms with van der Waals surface area (Å²) in [5.74, 6) is 0. The molecule has 1 rings (SSSR count). The van der Waals surface area contributed by atoms with E-state index in [4.69, 9.17) is 4.74 Å². The Morgan fingerprint density at radius 2 is 2.00 bits per heavy atom. The first-order chi connectivity index (χ1) is 5.59. The number of aliphatic hydroxyl groups excluding tert-OH is 1. The fourth-order valence-electron chi connectivity index (χ4n) is 1.70. The molecule has 1 N–H and O–H groups in total. The molecule has 3 heteroatoms. The van der Waals surface area contributed by atoms with Gasteiger partial charge in [0.05, 0.1) is 6.10 Å². The van der Waals surface area contributed by atoms with Crippen molar-refractivity contribution in [2.45, 2.75) is 44.6 Å². The van der Waals surface area contributed by atoms with Gasteiger partial charge in [0.2, 0.25) is 0 Å². The first-order valence-electron chi connectivity index (χ1n) is 4.59. The van der Waals surface area contributed by atoms with Crippen molar-refractivity contribution in [2.24, 2.45) is 0 Å². The van der Waals surface area contributed by atoms with E-state index in [9.17, 15) is 5.11 Å². The lowest BCUT2D eigenvalue weighted by atomic mass is 10.1. The highest BCUT2D eigenvalue weighted by atomic mass is 16.6. The van der Waals surface area contributed by atoms with Gasteiger partial charge in [-0.05, 0) is 40.3 Å². The minimum atomic E-state index is -0.551. The predicted octanol–water partition coefficient (Wildman–Crippen LogP) is 0.824. The van der Waals surface area contributed by atoms with Gasteiger partial charge in [-0.2, -0.15) is 0 Å². The summed E-state index contributed by atoms with van der Waals surface area (Å²) in [5.41, 5.74) is 0. The predicted molar refractivity (Wildman–Crippen MR) is 47.9 cm³/mol. The maximum absolute atomic E-state index is 9.32. The van der Waals surface area contributed by atoms with Gasteiger partial charge in [-0.15, -0.1) is 0 Å². The number of rotatable bonds is 1. The Balaban J connectivity index is 2.46. The second kappa shape index (κ2) is 4.21. The van der Waals surface area contributed by atoms with Gasteiger partial charge in [0, 0.05) is 6.04 Å². The van der Waals surface area contributed by atoms with Gasteiger partial charge in [-0.3, -0.25) is 0 Å². The van der Waals surface area contributed by atoms with Crippen LogP contribution in [-0.2, 0) is 4.74 Å². The monoisotopic (exact) mass is 173 g/mol. The molecule has 0 radical (unpaired) electrons. The molecular formula is C9H19NO2. The molecule has 0 spiro atoms. The van der Waals surface area contributed by atoms with Crippen LogP contribution in [0.1, 0.15) is 26.2 Å². The molecule has 0 bridgehead atoms. The van der Waals surface area contributed by atoms with E-state index in [-0.39, 0.29) is 6.10 Å². The number of nitrogens with zero attached hydrogens (tertiary/aromatic N) is 1. The smallest absolute Gasteiger partial charge is 0.154 e. The maximum atomic E-state index is 9.32. The summed E-state index contributed by atoms with van der Waals surface area (Å²) in [6.07, 6.45) is 2.43. The lowest BCUT2D eigenvalue weighted by Crippen LogP contribution is -2.29. The molecular weight excluding hydrogens is 154 g/mol. The zero-order valence-electron chi connectivity index (χ0n) is 8.16. The Morgan fingerprint density at radius 3 is 2.58 bits per heavy atom. The third-order valence-corrected chi connectivity index (χ3v) is 2.47. The standard InChI is InChI=1S/C9H19NO2/c1-7-6-8(10(2)3)4-5-9(11)12-7/h7-9,11H,4-6H2,1-3H3/t7?,8?,9-/m1/s1. The summed E-state index contributed by atoms with van der Waals surface area (Å²) in [6.45, 7) is 2.02. The number of hydrogen-bond donors (Lipinski definition) is 1. The van der Waals surface area contributed by atoms with Crippen LogP contribution in [-0.4, -0.2) is 42.5 Å². The molecule has 3 atom stereocenters. The highest BCUT2D eigenvalue weighted by Crippen LogP contribution is 2.19. The SMILES string of the molecule is CC1CC(N(C)C)CC[C@H](O)O1. The van der Waals surface area contributed by atoms with Crippen LogP contribution in [0.4, 0.5) is 0 Å². The van der Waals surface area contributed by atoms with Crippen LogP contribution in [0.25, 0.3) is 0 Å². The first-order valence-corrected chi connectivity index (χ1v) is 4.59. The highest BCUT2D eigenvalue weighted by molar-refractivity contribution is 4.73. The minimum absolute atomic E-state index is 0.176. The van der Waals surface area contributed by atoms with E-state index >= 15 is 0 Å². The van der Waals surface area contributed by atoms with Crippen molar-refractivity contribution in [3.63, 3.8) is 0 Å². The van der Waals surface area contributed by atoms with Gasteiger partial charge < -0.3 is 14.7 Å². The molecule has 1 aliphatic heterocycles. The van der Waals surface area contributed by atoms with Crippen LogP contribution in [0.2, 0.25) is 0 Å². The first kappa shape index (κ1) is 9.96. The number of ether oxygens (including phenoxy) is 1. The van der Waals surface area contributed by atoms with E-state index in [1.165, 1.54) is 0 Å². The van der Waals surface area contributed by atoms with Gasteiger partial charge in [0.15, 0.2) is 6.29 Å². The molecule has 3 nitrogen and oxygen atoms in total. The van der Waals surface area contributed by atoms with Gasteiger partial charge in [0.25, 0.3) is 0 Å². The summed E-state index contributed by atoms with van der Waals surface area (Å²) in [5, 5.41) is 9.32. The Morgan fingerprint density at radius 1 is 1.33 bits per heavy atom. The molecule has 0 saturated carbocycles. The van der Waals surface area contributed by atoms with Crippen LogP contribution >= 0.6 is 0 Å². The van der Waals surface area contributed by atoms with Crippen molar-refractivity contribution in [1.82, 2.24) is 4.90 Å². The zero-order chi connectivity index (χ0) is 9.14. The largest absolute Gasteiger partial charge is 0.368 e. The van der Waals surface area contributed by atoms with Crippen molar-refractivity contribution in [3.8, 4) is 0 Å². The second-order valence-corrected chi connectivity index (χ2v) is 3.83. The van der Waals surface area contributed by atoms with Gasteiger partial charge >= 0.3 is 0 Å². The zero-order valence-corrected chi connectivity index (χ0v) is 8.16. The molecule has 0 aliphatic carbocycles. The van der Waals surface area contributed by atoms with Gasteiger partial charge in [-0.25, -0.2) is 0 Å². The molecule has 1 heterocycles. The molecule has 1 aliphatic rings. The summed E-state index contributed by atoms with van der Waals surface area (Å²) in [6, 6.07) is 0.553. The quantitative estimate of drug-likeness (QED) is 0.637.